The standard InChI is InChI=1S/C11H13FN2OS/c1-11(15,6-13)5-10-14-8-4-7(12)2-3-9(8)16-10/h2-4,15H,5-6,13H2,1H3. The molecule has 5 heteroatoms. The molecule has 0 fully saturated rings. The number of benzene rings is 1. The summed E-state index contributed by atoms with van der Waals surface area (Å²) in [4.78, 5) is 4.27. The van der Waals surface area contributed by atoms with E-state index in [-0.39, 0.29) is 12.4 Å². The fraction of sp³-hybridized carbons (Fsp3) is 0.364. The van der Waals surface area contributed by atoms with E-state index in [0.29, 0.717) is 11.9 Å². The predicted octanol–water partition coefficient (Wildman–Crippen LogP) is 1.69. The second kappa shape index (κ2) is 4.08. The van der Waals surface area contributed by atoms with Crippen LogP contribution in [0.1, 0.15) is 11.9 Å². The Morgan fingerprint density at radius 2 is 2.31 bits per heavy atom. The van der Waals surface area contributed by atoms with Crippen LogP contribution in [-0.4, -0.2) is 22.2 Å². The van der Waals surface area contributed by atoms with Gasteiger partial charge in [-0.2, -0.15) is 0 Å². The first kappa shape index (κ1) is 11.4. The van der Waals surface area contributed by atoms with Crippen LogP contribution in [0, 0.1) is 5.82 Å². The summed E-state index contributed by atoms with van der Waals surface area (Å²) in [6.45, 7) is 1.84. The Morgan fingerprint density at radius 1 is 1.56 bits per heavy atom. The van der Waals surface area contributed by atoms with Gasteiger partial charge in [0.1, 0.15) is 5.82 Å². The third kappa shape index (κ3) is 2.37. The zero-order valence-corrected chi connectivity index (χ0v) is 9.72. The van der Waals surface area contributed by atoms with Crippen molar-refractivity contribution in [3.05, 3.63) is 29.0 Å². The Hall–Kier alpha value is -1.04. The Bertz CT molecular complexity index is 510. The van der Waals surface area contributed by atoms with Gasteiger partial charge in [-0.1, -0.05) is 0 Å². The number of aromatic nitrogens is 1. The van der Waals surface area contributed by atoms with Crippen molar-refractivity contribution in [2.24, 2.45) is 5.73 Å². The van der Waals surface area contributed by atoms with Crippen molar-refractivity contribution < 1.29 is 9.50 Å². The molecule has 0 bridgehead atoms. The van der Waals surface area contributed by atoms with Crippen molar-refractivity contribution in [1.82, 2.24) is 4.98 Å². The van der Waals surface area contributed by atoms with Crippen LogP contribution in [0.4, 0.5) is 4.39 Å². The van der Waals surface area contributed by atoms with Gasteiger partial charge in [0.2, 0.25) is 0 Å². The minimum atomic E-state index is -0.952. The average molecular weight is 240 g/mol. The second-order valence-corrected chi connectivity index (χ2v) is 5.21. The van der Waals surface area contributed by atoms with E-state index in [1.807, 2.05) is 0 Å². The van der Waals surface area contributed by atoms with Gasteiger partial charge in [0.15, 0.2) is 0 Å². The lowest BCUT2D eigenvalue weighted by atomic mass is 10.0. The first-order valence-electron chi connectivity index (χ1n) is 4.97. The zero-order valence-electron chi connectivity index (χ0n) is 8.90. The van der Waals surface area contributed by atoms with Crippen molar-refractivity contribution in [1.29, 1.82) is 0 Å². The highest BCUT2D eigenvalue weighted by molar-refractivity contribution is 7.18. The number of fused-ring (bicyclic) bond motifs is 1. The Balaban J connectivity index is 2.33. The molecule has 0 amide bonds. The van der Waals surface area contributed by atoms with Gasteiger partial charge in [-0.15, -0.1) is 11.3 Å². The molecule has 16 heavy (non-hydrogen) atoms. The quantitative estimate of drug-likeness (QED) is 0.858. The molecular formula is C11H13FN2OS. The molecule has 1 aromatic heterocycles. The number of rotatable bonds is 3. The minimum Gasteiger partial charge on any atom is -0.388 e. The van der Waals surface area contributed by atoms with Crippen LogP contribution >= 0.6 is 11.3 Å². The molecule has 2 aromatic rings. The molecule has 0 spiro atoms. The summed E-state index contributed by atoms with van der Waals surface area (Å²) in [5.41, 5.74) is 5.12. The molecule has 3 nitrogen and oxygen atoms in total. The van der Waals surface area contributed by atoms with Gasteiger partial charge in [0.05, 0.1) is 20.8 Å². The molecular weight excluding hydrogens is 227 g/mol. The van der Waals surface area contributed by atoms with Crippen LogP contribution in [0.15, 0.2) is 18.2 Å². The fourth-order valence-electron chi connectivity index (χ4n) is 1.42. The molecule has 0 aliphatic carbocycles. The summed E-state index contributed by atoms with van der Waals surface area (Å²) >= 11 is 1.45. The largest absolute Gasteiger partial charge is 0.388 e. The van der Waals surface area contributed by atoms with E-state index in [1.54, 1.807) is 13.0 Å². The summed E-state index contributed by atoms with van der Waals surface area (Å²) in [7, 11) is 0. The highest BCUT2D eigenvalue weighted by Gasteiger charge is 2.20. The van der Waals surface area contributed by atoms with E-state index >= 15 is 0 Å². The maximum absolute atomic E-state index is 12.9. The number of halogens is 1. The highest BCUT2D eigenvalue weighted by Crippen LogP contribution is 2.25. The molecule has 1 heterocycles. The van der Waals surface area contributed by atoms with Crippen LogP contribution in [0.5, 0.6) is 0 Å². The number of nitrogens with two attached hydrogens (primary N) is 1. The smallest absolute Gasteiger partial charge is 0.125 e. The highest BCUT2D eigenvalue weighted by atomic mass is 32.1. The molecule has 0 aliphatic rings. The maximum Gasteiger partial charge on any atom is 0.125 e. The summed E-state index contributed by atoms with van der Waals surface area (Å²) in [6, 6.07) is 4.50. The molecule has 2 rings (SSSR count). The zero-order chi connectivity index (χ0) is 11.8. The van der Waals surface area contributed by atoms with E-state index in [9.17, 15) is 9.50 Å². The number of nitrogens with zero attached hydrogens (tertiary/aromatic N) is 1. The van der Waals surface area contributed by atoms with Crippen LogP contribution < -0.4 is 5.73 Å². The predicted molar refractivity (Wildman–Crippen MR) is 63.0 cm³/mol. The van der Waals surface area contributed by atoms with Gasteiger partial charge in [0, 0.05) is 19.0 Å². The Kier molecular flexibility index (Phi) is 2.92. The summed E-state index contributed by atoms with van der Waals surface area (Å²) < 4.78 is 13.9. The van der Waals surface area contributed by atoms with Crippen LogP contribution in [0.25, 0.3) is 10.2 Å². The third-order valence-corrected chi connectivity index (χ3v) is 3.40. The topological polar surface area (TPSA) is 59.1 Å². The number of thiazole rings is 1. The maximum atomic E-state index is 12.9. The number of hydrogen-bond donors (Lipinski definition) is 2. The Morgan fingerprint density at radius 3 is 3.00 bits per heavy atom. The first-order valence-corrected chi connectivity index (χ1v) is 5.79. The molecule has 1 unspecified atom stereocenters. The normalized spacial score (nSPS) is 15.2. The number of hydrogen-bond acceptors (Lipinski definition) is 4. The van der Waals surface area contributed by atoms with Crippen molar-refractivity contribution in [3.63, 3.8) is 0 Å². The molecule has 0 aliphatic heterocycles. The molecule has 86 valence electrons. The van der Waals surface area contributed by atoms with Crippen molar-refractivity contribution in [2.75, 3.05) is 6.54 Å². The van der Waals surface area contributed by atoms with Gasteiger partial charge in [-0.25, -0.2) is 9.37 Å². The third-order valence-electron chi connectivity index (χ3n) is 2.37. The average Bonchev–Trinajstić information content (AvgIpc) is 2.58. The van der Waals surface area contributed by atoms with Gasteiger partial charge in [-0.3, -0.25) is 0 Å². The molecule has 3 N–H and O–H groups in total. The lowest BCUT2D eigenvalue weighted by Gasteiger charge is -2.18. The van der Waals surface area contributed by atoms with Crippen LogP contribution in [0.2, 0.25) is 0 Å². The van der Waals surface area contributed by atoms with Crippen molar-refractivity contribution in [2.45, 2.75) is 18.9 Å². The van der Waals surface area contributed by atoms with Gasteiger partial charge in [-0.05, 0) is 19.1 Å². The lowest BCUT2D eigenvalue weighted by molar-refractivity contribution is 0.0696. The summed E-state index contributed by atoms with van der Waals surface area (Å²) in [6.07, 6.45) is 0.393. The fourth-order valence-corrected chi connectivity index (χ4v) is 2.55. The van der Waals surface area contributed by atoms with Gasteiger partial charge in [0.25, 0.3) is 0 Å². The molecule has 1 aromatic carbocycles. The number of aliphatic hydroxyl groups is 1. The molecule has 0 saturated heterocycles. The molecule has 0 radical (unpaired) electrons. The monoisotopic (exact) mass is 240 g/mol. The molecule has 0 saturated carbocycles. The van der Waals surface area contributed by atoms with E-state index < -0.39 is 5.60 Å². The minimum absolute atomic E-state index is 0.178. The van der Waals surface area contributed by atoms with E-state index in [2.05, 4.69) is 4.98 Å². The van der Waals surface area contributed by atoms with E-state index in [0.717, 1.165) is 9.71 Å². The second-order valence-electron chi connectivity index (χ2n) is 4.10. The Labute approximate surface area is 96.7 Å². The van der Waals surface area contributed by atoms with Crippen LogP contribution in [0.3, 0.4) is 0 Å². The van der Waals surface area contributed by atoms with Crippen molar-refractivity contribution >= 4 is 21.6 Å². The SMILES string of the molecule is CC(O)(CN)Cc1nc2cc(F)ccc2s1. The van der Waals surface area contributed by atoms with Crippen molar-refractivity contribution in [3.8, 4) is 0 Å². The van der Waals surface area contributed by atoms with E-state index in [1.165, 1.54) is 23.5 Å². The summed E-state index contributed by atoms with van der Waals surface area (Å²) in [5, 5.41) is 10.6. The molecule has 1 atom stereocenters. The van der Waals surface area contributed by atoms with Gasteiger partial charge < -0.3 is 10.8 Å². The van der Waals surface area contributed by atoms with Crippen LogP contribution in [-0.2, 0) is 6.42 Å². The van der Waals surface area contributed by atoms with E-state index in [4.69, 9.17) is 5.73 Å². The lowest BCUT2D eigenvalue weighted by Crippen LogP contribution is -2.36. The van der Waals surface area contributed by atoms with Gasteiger partial charge >= 0.3 is 0 Å². The summed E-state index contributed by atoms with van der Waals surface area (Å²) in [5.74, 6) is -0.296. The first-order chi connectivity index (χ1) is 7.50.